The number of benzene rings is 4. The fourth-order valence-electron chi connectivity index (χ4n) is 11.8. The van der Waals surface area contributed by atoms with Crippen molar-refractivity contribution in [3.63, 3.8) is 0 Å². The number of alkyl halides is 4. The molecule has 0 N–H and O–H groups in total. The zero-order chi connectivity index (χ0) is 76.7. The summed E-state index contributed by atoms with van der Waals surface area (Å²) in [5, 5.41) is 8.44. The molecule has 0 bridgehead atoms. The highest BCUT2D eigenvalue weighted by Gasteiger charge is 2.47. The molecule has 0 saturated carbocycles. The highest BCUT2D eigenvalue weighted by atomic mass is 19.3. The smallest absolute Gasteiger partial charge is 0.486 e. The van der Waals surface area contributed by atoms with Crippen molar-refractivity contribution in [2.24, 2.45) is 14.1 Å². The first-order chi connectivity index (χ1) is 47.5. The van der Waals surface area contributed by atoms with Crippen molar-refractivity contribution in [1.82, 2.24) is 44.5 Å². The molecule has 16 heteroatoms. The van der Waals surface area contributed by atoms with E-state index in [-0.39, 0.29) is 40.7 Å². The largest absolute Gasteiger partial charge is 0.586 e. The molecule has 0 amide bonds. The number of halogens is 4. The van der Waals surface area contributed by atoms with Crippen molar-refractivity contribution in [2.45, 2.75) is 289 Å². The molecule has 0 unspecified atom stereocenters. The number of fused-ring (bicyclic) bond motifs is 4. The molecule has 0 spiro atoms. The van der Waals surface area contributed by atoms with Gasteiger partial charge < -0.3 is 18.8 Å². The maximum Gasteiger partial charge on any atom is 0.586 e. The summed E-state index contributed by atoms with van der Waals surface area (Å²) >= 11 is 0. The molecule has 0 radical (unpaired) electrons. The van der Waals surface area contributed by atoms with Crippen molar-refractivity contribution < 1.29 is 31.8 Å². The second kappa shape index (κ2) is 37.1. The molecule has 12 nitrogen and oxygen atoms in total. The van der Waals surface area contributed by atoms with Gasteiger partial charge in [0.25, 0.3) is 0 Å². The Morgan fingerprint density at radius 2 is 0.667 bits per heavy atom. The predicted molar refractivity (Wildman–Crippen MR) is 415 cm³/mol. The van der Waals surface area contributed by atoms with Gasteiger partial charge >= 0.3 is 12.2 Å². The second-order valence-electron chi connectivity index (χ2n) is 31.5. The number of hydrogen-bond donors (Lipinski definition) is 0. The van der Waals surface area contributed by atoms with Crippen molar-refractivity contribution in [3.8, 4) is 17.2 Å². The van der Waals surface area contributed by atoms with Gasteiger partial charge in [0.05, 0.1) is 39.8 Å². The molecule has 558 valence electrons. The molecule has 5 aromatic heterocycles. The maximum atomic E-state index is 13.9. The standard InChI is InChI=1S/C14H18F2O.C14H20N2.C13H16F2O2.C13H19N3.2C11H17N.C10H16N2/c1-8(2)10-5-6-11(9(3)4)13-12(10)14(15,16)7-17-13;1-9(2)11-6-7-12(10(3)4)14-13(11)15-8-16(14)5;1-7(2)9-5-6-10(8(3)4)12-11(9)16-13(14,15)17-12;1-8(2)10-6-7-11(9(3)4)13-12(10)14-15-16(13)5;2*1-8(2)10-5-6-11(9(3)4)12-7-10;1-7(2)9-5-12-10(6-11-9)8(3)4/h5-6,8-9H,7H2,1-4H3;6-10H,1-5H3;5-8H,1-4H3;6-9H,1-5H3;2*5-9H,1-4H3;5-8H,1-4H3. The molecule has 7 heterocycles. The monoisotopic (exact) mass is 1410 g/mol. The molecule has 0 saturated heterocycles. The van der Waals surface area contributed by atoms with Crippen molar-refractivity contribution in [3.05, 3.63) is 188 Å². The average molecular weight is 1410 g/mol. The van der Waals surface area contributed by atoms with Gasteiger partial charge in [0.1, 0.15) is 11.3 Å². The Labute approximate surface area is 610 Å². The Bertz CT molecular complexity index is 3720. The number of hydrogen-bond acceptors (Lipinski definition) is 10. The molecular formula is C86H123F4N9O3. The van der Waals surface area contributed by atoms with Gasteiger partial charge in [-0.15, -0.1) is 13.9 Å². The second-order valence-corrected chi connectivity index (χ2v) is 31.5. The van der Waals surface area contributed by atoms with Crippen LogP contribution in [0, 0.1) is 0 Å². The van der Waals surface area contributed by atoms with E-state index in [1.807, 2.05) is 122 Å². The Balaban J connectivity index is 0.000000215. The normalized spacial score (nSPS) is 13.4. The zero-order valence-electron chi connectivity index (χ0n) is 67.4. The minimum absolute atomic E-state index is 0.0811. The number of pyridine rings is 2. The summed E-state index contributed by atoms with van der Waals surface area (Å²) in [4.78, 5) is 22.0. The first kappa shape index (κ1) is 84.9. The third kappa shape index (κ3) is 22.1. The maximum absolute atomic E-state index is 13.9. The number of nitrogens with zero attached hydrogens (tertiary/aromatic N) is 9. The van der Waals surface area contributed by atoms with Gasteiger partial charge in [-0.1, -0.05) is 260 Å². The Morgan fingerprint density at radius 1 is 0.333 bits per heavy atom. The van der Waals surface area contributed by atoms with Crippen LogP contribution in [0.1, 0.15) is 361 Å². The van der Waals surface area contributed by atoms with E-state index in [1.165, 1.54) is 61.3 Å². The van der Waals surface area contributed by atoms with Crippen LogP contribution in [0.4, 0.5) is 17.6 Å². The Kier molecular flexibility index (Phi) is 30.9. The highest BCUT2D eigenvalue weighted by Crippen LogP contribution is 2.51. The van der Waals surface area contributed by atoms with E-state index in [0.717, 1.165) is 33.6 Å². The predicted octanol–water partition coefficient (Wildman–Crippen LogP) is 25.1. The Hall–Kier alpha value is -7.75. The van der Waals surface area contributed by atoms with Crippen LogP contribution in [0.3, 0.4) is 0 Å². The van der Waals surface area contributed by atoms with E-state index in [0.29, 0.717) is 70.5 Å². The van der Waals surface area contributed by atoms with Gasteiger partial charge in [0.2, 0.25) is 0 Å². The number of rotatable bonds is 14. The van der Waals surface area contributed by atoms with Gasteiger partial charge in [-0.2, -0.15) is 8.78 Å². The summed E-state index contributed by atoms with van der Waals surface area (Å²) in [5.41, 5.74) is 20.4. The summed E-state index contributed by atoms with van der Waals surface area (Å²) in [6.07, 6.45) is 6.10. The molecule has 2 aliphatic heterocycles. The van der Waals surface area contributed by atoms with E-state index in [4.69, 9.17) is 4.74 Å². The molecule has 2 aliphatic rings. The first-order valence-corrected chi connectivity index (χ1v) is 37.1. The van der Waals surface area contributed by atoms with Crippen LogP contribution in [0.25, 0.3) is 22.1 Å². The number of aryl methyl sites for hydroxylation is 2. The Morgan fingerprint density at radius 3 is 1.01 bits per heavy atom. The molecular weight excluding hydrogens is 1280 g/mol. The van der Waals surface area contributed by atoms with Gasteiger partial charge in [-0.25, -0.2) is 9.67 Å². The summed E-state index contributed by atoms with van der Waals surface area (Å²) in [6.45, 7) is 58.7. The topological polar surface area (TPSA) is 128 Å². The molecule has 0 atom stereocenters. The highest BCUT2D eigenvalue weighted by molar-refractivity contribution is 5.84. The molecule has 0 fully saturated rings. The van der Waals surface area contributed by atoms with E-state index < -0.39 is 18.8 Å². The lowest BCUT2D eigenvalue weighted by atomic mass is 9.89. The molecule has 102 heavy (non-hydrogen) atoms. The van der Waals surface area contributed by atoms with E-state index in [9.17, 15) is 17.6 Å². The van der Waals surface area contributed by atoms with Gasteiger partial charge in [-0.3, -0.25) is 19.9 Å². The third-order valence-corrected chi connectivity index (χ3v) is 18.3. The van der Waals surface area contributed by atoms with Gasteiger partial charge in [0.15, 0.2) is 18.1 Å². The lowest BCUT2D eigenvalue weighted by Gasteiger charge is -2.18. The fraction of sp³-hybridized carbons (Fsp3) is 0.547. The van der Waals surface area contributed by atoms with Crippen LogP contribution in [0.15, 0.2) is 104 Å². The third-order valence-electron chi connectivity index (χ3n) is 18.3. The van der Waals surface area contributed by atoms with E-state index >= 15 is 0 Å². The average Bonchev–Trinajstić information content (AvgIpc) is 1.63. The van der Waals surface area contributed by atoms with Crippen molar-refractivity contribution in [1.29, 1.82) is 0 Å². The van der Waals surface area contributed by atoms with Crippen LogP contribution in [0.2, 0.25) is 0 Å². The lowest BCUT2D eigenvalue weighted by Crippen LogP contribution is -2.26. The van der Waals surface area contributed by atoms with Crippen LogP contribution in [-0.2, 0) is 20.0 Å². The summed E-state index contributed by atoms with van der Waals surface area (Å²) in [5.74, 6) is 3.68. The quantitative estimate of drug-likeness (QED) is 0.0971. The summed E-state index contributed by atoms with van der Waals surface area (Å²) < 4.78 is 72.6. The van der Waals surface area contributed by atoms with Crippen molar-refractivity contribution >= 4 is 22.1 Å². The number of aromatic nitrogens is 9. The fourth-order valence-corrected chi connectivity index (χ4v) is 11.8. The van der Waals surface area contributed by atoms with E-state index in [2.05, 4.69) is 243 Å². The van der Waals surface area contributed by atoms with Crippen LogP contribution >= 0.6 is 0 Å². The van der Waals surface area contributed by atoms with Crippen LogP contribution in [-0.4, -0.2) is 57.4 Å². The molecule has 0 aliphatic carbocycles. The van der Waals surface area contributed by atoms with Gasteiger partial charge in [-0.05, 0) is 139 Å². The van der Waals surface area contributed by atoms with Crippen LogP contribution < -0.4 is 14.2 Å². The van der Waals surface area contributed by atoms with E-state index in [1.54, 1.807) is 0 Å². The van der Waals surface area contributed by atoms with Gasteiger partial charge in [0, 0.05) is 61.4 Å². The molecule has 4 aromatic carbocycles. The molecule has 11 rings (SSSR count). The van der Waals surface area contributed by atoms with Crippen LogP contribution in [0.5, 0.6) is 17.2 Å². The minimum atomic E-state index is -3.54. The summed E-state index contributed by atoms with van der Waals surface area (Å²) in [6, 6.07) is 24.9. The lowest BCUT2D eigenvalue weighted by molar-refractivity contribution is -0.287. The minimum Gasteiger partial charge on any atom is -0.486 e. The summed E-state index contributed by atoms with van der Waals surface area (Å²) in [7, 11) is 4.04. The number of imidazole rings is 1. The molecule has 9 aromatic rings. The SMILES string of the molecule is CC(C)c1ccc(C(C)C)c2c1OC(F)(F)O2.CC(C)c1ccc(C(C)C)c2c1OCC2(F)F.CC(C)c1ccc(C(C)C)c2c1ncn2C.CC(C)c1ccc(C(C)C)c2c1nnn2C.CC(C)c1ccc(C(C)C)nc1.CC(C)c1ccc(C(C)C)nc1.CC(C)c1cnc(C(C)C)cn1. The first-order valence-electron chi connectivity index (χ1n) is 37.1. The number of ether oxygens (including phenoxy) is 3. The zero-order valence-corrected chi connectivity index (χ0v) is 67.4. The van der Waals surface area contributed by atoms with Crippen molar-refractivity contribution in [2.75, 3.05) is 6.61 Å².